The number of hydrogen-bond donors (Lipinski definition) is 2. The fourth-order valence-electron chi connectivity index (χ4n) is 4.16. The lowest BCUT2D eigenvalue weighted by molar-refractivity contribution is -0.126. The molecule has 0 aromatic carbocycles. The molecule has 26 heavy (non-hydrogen) atoms. The number of carbonyl (C=O) groups excluding carboxylic acids is 2. The first-order chi connectivity index (χ1) is 12.5. The molecule has 0 saturated carbocycles. The van der Waals surface area contributed by atoms with Gasteiger partial charge in [-0.05, 0) is 45.9 Å². The lowest BCUT2D eigenvalue weighted by atomic mass is 10.0. The summed E-state index contributed by atoms with van der Waals surface area (Å²) in [7, 11) is 2.09. The van der Waals surface area contributed by atoms with Gasteiger partial charge in [-0.3, -0.25) is 19.4 Å². The van der Waals surface area contributed by atoms with Gasteiger partial charge in [0.1, 0.15) is 11.8 Å². The van der Waals surface area contributed by atoms with Gasteiger partial charge in [-0.15, -0.1) is 0 Å². The molecule has 0 radical (unpaired) electrons. The quantitative estimate of drug-likeness (QED) is 0.788. The molecule has 2 N–H and O–H groups in total. The largest absolute Gasteiger partial charge is 0.467 e. The van der Waals surface area contributed by atoms with Crippen molar-refractivity contribution in [1.82, 2.24) is 20.4 Å². The van der Waals surface area contributed by atoms with E-state index in [1.807, 2.05) is 12.1 Å². The summed E-state index contributed by atoms with van der Waals surface area (Å²) in [6, 6.07) is 4.32. The van der Waals surface area contributed by atoms with E-state index < -0.39 is 0 Å². The third kappa shape index (κ3) is 4.10. The first kappa shape index (κ1) is 18.9. The van der Waals surface area contributed by atoms with Crippen LogP contribution in [0.15, 0.2) is 22.8 Å². The third-order valence-electron chi connectivity index (χ3n) is 5.69. The molecule has 2 saturated heterocycles. The highest BCUT2D eigenvalue weighted by Crippen LogP contribution is 2.28. The standard InChI is InChI=1S/C19H30N4O3/c1-13(2)23-9-8-16-18(23)19(25)21-11-14(22(16)3)6-7-17(24)20-12-15-5-4-10-26-15/h4-5,10,13-14,16,18H,6-9,11-12H2,1-3H3,(H,20,24)(H,21,25)/t14-,16+,18-/m0/s1. The molecule has 2 aliphatic heterocycles. The van der Waals surface area contributed by atoms with Crippen LogP contribution in [0.3, 0.4) is 0 Å². The van der Waals surface area contributed by atoms with Crippen molar-refractivity contribution in [2.75, 3.05) is 20.1 Å². The number of nitrogens with one attached hydrogen (secondary N) is 2. The highest BCUT2D eigenvalue weighted by molar-refractivity contribution is 5.83. The second-order valence-corrected chi connectivity index (χ2v) is 7.59. The lowest BCUT2D eigenvalue weighted by Crippen LogP contribution is -2.51. The van der Waals surface area contributed by atoms with E-state index in [-0.39, 0.29) is 29.9 Å². The van der Waals surface area contributed by atoms with Gasteiger partial charge in [-0.25, -0.2) is 0 Å². The van der Waals surface area contributed by atoms with Crippen LogP contribution in [0, 0.1) is 0 Å². The van der Waals surface area contributed by atoms with E-state index in [0.29, 0.717) is 25.6 Å². The highest BCUT2D eigenvalue weighted by atomic mass is 16.3. The van der Waals surface area contributed by atoms with Gasteiger partial charge in [0.2, 0.25) is 11.8 Å². The molecular weight excluding hydrogens is 332 g/mol. The van der Waals surface area contributed by atoms with Gasteiger partial charge in [-0.1, -0.05) is 0 Å². The molecule has 0 bridgehead atoms. The average molecular weight is 362 g/mol. The number of fused-ring (bicyclic) bond motifs is 1. The van der Waals surface area contributed by atoms with Crippen molar-refractivity contribution < 1.29 is 14.0 Å². The van der Waals surface area contributed by atoms with Crippen LogP contribution in [-0.2, 0) is 16.1 Å². The Morgan fingerprint density at radius 2 is 2.27 bits per heavy atom. The molecule has 2 aliphatic rings. The molecule has 3 heterocycles. The third-order valence-corrected chi connectivity index (χ3v) is 5.69. The van der Waals surface area contributed by atoms with Crippen LogP contribution >= 0.6 is 0 Å². The summed E-state index contributed by atoms with van der Waals surface area (Å²) >= 11 is 0. The topological polar surface area (TPSA) is 77.8 Å². The smallest absolute Gasteiger partial charge is 0.239 e. The van der Waals surface area contributed by atoms with Crippen LogP contribution < -0.4 is 10.6 Å². The summed E-state index contributed by atoms with van der Waals surface area (Å²) in [5.41, 5.74) is 0. The molecule has 2 fully saturated rings. The number of carbonyl (C=O) groups is 2. The molecule has 1 aromatic heterocycles. The Hall–Kier alpha value is -1.86. The molecule has 3 atom stereocenters. The van der Waals surface area contributed by atoms with Crippen LogP contribution in [0.25, 0.3) is 0 Å². The number of likely N-dealkylation sites (tertiary alicyclic amines) is 1. The van der Waals surface area contributed by atoms with E-state index in [9.17, 15) is 9.59 Å². The minimum Gasteiger partial charge on any atom is -0.467 e. The SMILES string of the molecule is CC(C)N1CC[C@@H]2[C@H]1C(=O)NC[C@H](CCC(=O)NCc1ccco1)N2C. The predicted octanol–water partition coefficient (Wildman–Crippen LogP) is 0.958. The summed E-state index contributed by atoms with van der Waals surface area (Å²) in [5, 5.41) is 5.98. The number of rotatable bonds is 6. The van der Waals surface area contributed by atoms with Crippen molar-refractivity contribution in [2.45, 2.75) is 63.8 Å². The van der Waals surface area contributed by atoms with Crippen molar-refractivity contribution in [2.24, 2.45) is 0 Å². The highest BCUT2D eigenvalue weighted by Gasteiger charge is 2.45. The van der Waals surface area contributed by atoms with Crippen LogP contribution in [0.1, 0.15) is 38.9 Å². The summed E-state index contributed by atoms with van der Waals surface area (Å²) in [4.78, 5) is 29.3. The minimum absolute atomic E-state index is 0.0113. The van der Waals surface area contributed by atoms with Gasteiger partial charge in [0.25, 0.3) is 0 Å². The maximum absolute atomic E-state index is 12.6. The molecule has 2 amide bonds. The Kier molecular flexibility index (Phi) is 5.98. The average Bonchev–Trinajstić information content (AvgIpc) is 3.26. The van der Waals surface area contributed by atoms with Gasteiger partial charge in [0, 0.05) is 37.6 Å². The van der Waals surface area contributed by atoms with E-state index in [2.05, 4.69) is 41.3 Å². The van der Waals surface area contributed by atoms with E-state index in [1.165, 1.54) is 0 Å². The van der Waals surface area contributed by atoms with Crippen molar-refractivity contribution in [3.8, 4) is 0 Å². The maximum Gasteiger partial charge on any atom is 0.239 e. The van der Waals surface area contributed by atoms with E-state index >= 15 is 0 Å². The van der Waals surface area contributed by atoms with E-state index in [1.54, 1.807) is 6.26 Å². The van der Waals surface area contributed by atoms with Crippen LogP contribution in [0.5, 0.6) is 0 Å². The van der Waals surface area contributed by atoms with Gasteiger partial charge in [0.05, 0.1) is 12.8 Å². The second kappa shape index (κ2) is 8.22. The summed E-state index contributed by atoms with van der Waals surface area (Å²) in [5.74, 6) is 0.884. The number of likely N-dealkylation sites (N-methyl/N-ethyl adjacent to an activating group) is 1. The van der Waals surface area contributed by atoms with Gasteiger partial charge in [-0.2, -0.15) is 0 Å². The fourth-order valence-corrected chi connectivity index (χ4v) is 4.16. The van der Waals surface area contributed by atoms with E-state index in [0.717, 1.165) is 25.1 Å². The molecule has 7 heteroatoms. The number of amides is 2. The van der Waals surface area contributed by atoms with Crippen molar-refractivity contribution in [3.05, 3.63) is 24.2 Å². The van der Waals surface area contributed by atoms with Gasteiger partial charge in [0.15, 0.2) is 0 Å². The molecule has 3 rings (SSSR count). The summed E-state index contributed by atoms with van der Waals surface area (Å²) in [6.45, 7) is 6.24. The zero-order valence-electron chi connectivity index (χ0n) is 15.9. The molecular formula is C19H30N4O3. The monoisotopic (exact) mass is 362 g/mol. The molecule has 144 valence electrons. The Morgan fingerprint density at radius 3 is 2.96 bits per heavy atom. The maximum atomic E-state index is 12.6. The first-order valence-corrected chi connectivity index (χ1v) is 9.52. The zero-order chi connectivity index (χ0) is 18.7. The van der Waals surface area contributed by atoms with Crippen molar-refractivity contribution in [1.29, 1.82) is 0 Å². The molecule has 7 nitrogen and oxygen atoms in total. The van der Waals surface area contributed by atoms with Crippen molar-refractivity contribution in [3.63, 3.8) is 0 Å². The summed E-state index contributed by atoms with van der Waals surface area (Å²) in [6.07, 6.45) is 3.76. The Bertz CT molecular complexity index is 616. The fraction of sp³-hybridized carbons (Fsp3) is 0.684. The van der Waals surface area contributed by atoms with Crippen molar-refractivity contribution >= 4 is 11.8 Å². The lowest BCUT2D eigenvalue weighted by Gasteiger charge is -2.34. The molecule has 0 unspecified atom stereocenters. The number of nitrogens with zero attached hydrogens (tertiary/aromatic N) is 2. The van der Waals surface area contributed by atoms with Crippen LogP contribution in [-0.4, -0.2) is 65.9 Å². The Labute approximate surface area is 155 Å². The predicted molar refractivity (Wildman–Crippen MR) is 98.4 cm³/mol. The molecule has 1 aromatic rings. The zero-order valence-corrected chi connectivity index (χ0v) is 15.9. The Morgan fingerprint density at radius 1 is 1.46 bits per heavy atom. The molecule has 0 spiro atoms. The normalized spacial score (nSPS) is 27.2. The number of hydrogen-bond acceptors (Lipinski definition) is 5. The second-order valence-electron chi connectivity index (χ2n) is 7.59. The Balaban J connectivity index is 1.54. The molecule has 0 aliphatic carbocycles. The van der Waals surface area contributed by atoms with Gasteiger partial charge < -0.3 is 15.1 Å². The van der Waals surface area contributed by atoms with Gasteiger partial charge >= 0.3 is 0 Å². The first-order valence-electron chi connectivity index (χ1n) is 9.52. The van der Waals surface area contributed by atoms with E-state index in [4.69, 9.17) is 4.42 Å². The van der Waals surface area contributed by atoms with Crippen LogP contribution in [0.2, 0.25) is 0 Å². The number of furan rings is 1. The minimum atomic E-state index is -0.0854. The summed E-state index contributed by atoms with van der Waals surface area (Å²) < 4.78 is 5.23. The van der Waals surface area contributed by atoms with Crippen LogP contribution in [0.4, 0.5) is 0 Å².